The third-order valence-corrected chi connectivity index (χ3v) is 2.51. The number of hydrogen-bond donors (Lipinski definition) is 2. The zero-order valence-corrected chi connectivity index (χ0v) is 10.2. The molecule has 0 aliphatic rings. The van der Waals surface area contributed by atoms with Gasteiger partial charge in [0.25, 0.3) is 5.91 Å². The number of nitrogens with one attached hydrogen (secondary N) is 1. The molecule has 1 amide bonds. The van der Waals surface area contributed by atoms with E-state index >= 15 is 0 Å². The first-order valence-corrected chi connectivity index (χ1v) is 5.60. The van der Waals surface area contributed by atoms with Crippen molar-refractivity contribution in [2.45, 2.75) is 13.5 Å². The molecule has 0 saturated carbocycles. The van der Waals surface area contributed by atoms with Crippen molar-refractivity contribution in [2.75, 3.05) is 11.1 Å². The number of amides is 1. The van der Waals surface area contributed by atoms with Crippen molar-refractivity contribution in [1.29, 1.82) is 0 Å². The topological polar surface area (TPSA) is 72.9 Å². The summed E-state index contributed by atoms with van der Waals surface area (Å²) in [5.41, 5.74) is 5.71. The molecule has 2 aromatic rings. The van der Waals surface area contributed by atoms with Gasteiger partial charge in [0.1, 0.15) is 11.6 Å². The molecule has 2 rings (SSSR count). The molecule has 0 atom stereocenters. The third kappa shape index (κ3) is 2.70. The van der Waals surface area contributed by atoms with Crippen molar-refractivity contribution in [2.24, 2.45) is 0 Å². The highest BCUT2D eigenvalue weighted by Gasteiger charge is 2.16. The molecular weight excluding hydrogens is 254 g/mol. The van der Waals surface area contributed by atoms with Gasteiger partial charge >= 0.3 is 0 Å². The van der Waals surface area contributed by atoms with Gasteiger partial charge in [-0.15, -0.1) is 0 Å². The van der Waals surface area contributed by atoms with Gasteiger partial charge < -0.3 is 11.1 Å². The summed E-state index contributed by atoms with van der Waals surface area (Å²) in [5, 5.41) is 6.25. The van der Waals surface area contributed by atoms with E-state index in [1.54, 1.807) is 0 Å². The molecule has 3 N–H and O–H groups in total. The van der Waals surface area contributed by atoms with Crippen LogP contribution in [0.5, 0.6) is 0 Å². The lowest BCUT2D eigenvalue weighted by molar-refractivity contribution is 0.102. The molecule has 100 valence electrons. The Kier molecular flexibility index (Phi) is 3.46. The van der Waals surface area contributed by atoms with E-state index in [2.05, 4.69) is 10.4 Å². The number of nitrogens with zero attached hydrogens (tertiary/aromatic N) is 2. The highest BCUT2D eigenvalue weighted by atomic mass is 19.1. The normalized spacial score (nSPS) is 10.5. The van der Waals surface area contributed by atoms with E-state index in [-0.39, 0.29) is 17.1 Å². The van der Waals surface area contributed by atoms with Crippen LogP contribution in [-0.2, 0) is 6.54 Å². The molecule has 0 fully saturated rings. The van der Waals surface area contributed by atoms with Crippen molar-refractivity contribution in [1.82, 2.24) is 9.78 Å². The van der Waals surface area contributed by atoms with Crippen molar-refractivity contribution in [3.63, 3.8) is 0 Å². The van der Waals surface area contributed by atoms with Crippen LogP contribution in [-0.4, -0.2) is 15.7 Å². The van der Waals surface area contributed by atoms with Crippen molar-refractivity contribution in [3.05, 3.63) is 41.7 Å². The third-order valence-electron chi connectivity index (χ3n) is 2.51. The van der Waals surface area contributed by atoms with E-state index in [0.717, 1.165) is 12.1 Å². The fraction of sp³-hybridized carbons (Fsp3) is 0.167. The van der Waals surface area contributed by atoms with Gasteiger partial charge in [0.2, 0.25) is 0 Å². The van der Waals surface area contributed by atoms with Gasteiger partial charge in [-0.05, 0) is 19.1 Å². The Bertz CT molecular complexity index is 624. The molecule has 5 nitrogen and oxygen atoms in total. The number of carbonyl (C=O) groups is 1. The Balaban J connectivity index is 2.23. The van der Waals surface area contributed by atoms with E-state index in [1.807, 2.05) is 6.92 Å². The molecule has 0 saturated heterocycles. The fourth-order valence-electron chi connectivity index (χ4n) is 1.55. The molecule has 0 aliphatic heterocycles. The quantitative estimate of drug-likeness (QED) is 0.892. The van der Waals surface area contributed by atoms with Crippen molar-refractivity contribution in [3.8, 4) is 0 Å². The number of anilines is 2. The van der Waals surface area contributed by atoms with Gasteiger partial charge in [0.15, 0.2) is 5.69 Å². The average molecular weight is 266 g/mol. The predicted molar refractivity (Wildman–Crippen MR) is 66.6 cm³/mol. The number of hydrogen-bond acceptors (Lipinski definition) is 3. The Morgan fingerprint density at radius 2 is 2.21 bits per heavy atom. The number of halogens is 2. The highest BCUT2D eigenvalue weighted by molar-refractivity contribution is 6.06. The first-order valence-electron chi connectivity index (χ1n) is 5.60. The van der Waals surface area contributed by atoms with Crippen molar-refractivity contribution < 1.29 is 13.6 Å². The Labute approximate surface area is 108 Å². The van der Waals surface area contributed by atoms with Crippen LogP contribution >= 0.6 is 0 Å². The van der Waals surface area contributed by atoms with Crippen LogP contribution in [0.15, 0.2) is 24.4 Å². The number of nitrogens with two attached hydrogens (primary N) is 1. The lowest BCUT2D eigenvalue weighted by atomic mass is 10.2. The maximum Gasteiger partial charge on any atom is 0.278 e. The molecule has 1 aromatic heterocycles. The first kappa shape index (κ1) is 13.0. The molecule has 7 heteroatoms. The van der Waals surface area contributed by atoms with Crippen LogP contribution in [0.1, 0.15) is 17.4 Å². The van der Waals surface area contributed by atoms with Crippen LogP contribution in [0.2, 0.25) is 0 Å². The average Bonchev–Trinajstić information content (AvgIpc) is 2.74. The summed E-state index contributed by atoms with van der Waals surface area (Å²) in [6.07, 6.45) is 1.51. The second-order valence-electron chi connectivity index (χ2n) is 3.87. The van der Waals surface area contributed by atoms with Gasteiger partial charge in [0.05, 0.1) is 11.4 Å². The number of rotatable bonds is 3. The maximum atomic E-state index is 13.4. The zero-order valence-electron chi connectivity index (χ0n) is 10.2. The Morgan fingerprint density at radius 1 is 1.47 bits per heavy atom. The number of carbonyl (C=O) groups excluding carboxylic acids is 1. The smallest absolute Gasteiger partial charge is 0.278 e. The van der Waals surface area contributed by atoms with Crippen LogP contribution in [0, 0.1) is 11.6 Å². The van der Waals surface area contributed by atoms with Gasteiger partial charge in [0, 0.05) is 18.8 Å². The summed E-state index contributed by atoms with van der Waals surface area (Å²) in [6.45, 7) is 2.40. The summed E-state index contributed by atoms with van der Waals surface area (Å²) in [7, 11) is 0. The zero-order chi connectivity index (χ0) is 14.0. The van der Waals surface area contributed by atoms with Crippen molar-refractivity contribution >= 4 is 17.3 Å². The van der Waals surface area contributed by atoms with E-state index < -0.39 is 17.5 Å². The molecular formula is C12H12F2N4O. The van der Waals surface area contributed by atoms with Gasteiger partial charge in [-0.2, -0.15) is 5.10 Å². The standard InChI is InChI=1S/C12H12F2N4O/c1-2-18-6-9(15)11(17-18)12(19)16-10-4-3-7(13)5-8(10)14/h3-6H,2,15H2,1H3,(H,16,19). The summed E-state index contributed by atoms with van der Waals surface area (Å²) >= 11 is 0. The van der Waals surface area contributed by atoms with Crippen LogP contribution in [0.4, 0.5) is 20.2 Å². The molecule has 0 bridgehead atoms. The summed E-state index contributed by atoms with van der Waals surface area (Å²) < 4.78 is 27.6. The Morgan fingerprint density at radius 3 is 2.79 bits per heavy atom. The van der Waals surface area contributed by atoms with E-state index in [1.165, 1.54) is 10.9 Å². The maximum absolute atomic E-state index is 13.4. The van der Waals surface area contributed by atoms with Crippen LogP contribution in [0.25, 0.3) is 0 Å². The number of aromatic nitrogens is 2. The molecule has 0 aliphatic carbocycles. The second kappa shape index (κ2) is 5.05. The minimum absolute atomic E-state index is 0.00516. The summed E-state index contributed by atoms with van der Waals surface area (Å²) in [4.78, 5) is 11.9. The van der Waals surface area contributed by atoms with E-state index in [4.69, 9.17) is 5.73 Å². The van der Waals surface area contributed by atoms with Crippen LogP contribution in [0.3, 0.4) is 0 Å². The van der Waals surface area contributed by atoms with Crippen LogP contribution < -0.4 is 11.1 Å². The molecule has 1 heterocycles. The molecule has 19 heavy (non-hydrogen) atoms. The monoisotopic (exact) mass is 266 g/mol. The number of benzene rings is 1. The number of nitrogen functional groups attached to an aromatic ring is 1. The van der Waals surface area contributed by atoms with E-state index in [9.17, 15) is 13.6 Å². The van der Waals surface area contributed by atoms with Gasteiger partial charge in [-0.3, -0.25) is 9.48 Å². The predicted octanol–water partition coefficient (Wildman–Crippen LogP) is 2.02. The molecule has 0 unspecified atom stereocenters. The molecule has 0 spiro atoms. The SMILES string of the molecule is CCn1cc(N)c(C(=O)Nc2ccc(F)cc2F)n1. The first-order chi connectivity index (χ1) is 9.01. The minimum atomic E-state index is -0.859. The second-order valence-corrected chi connectivity index (χ2v) is 3.87. The van der Waals surface area contributed by atoms with E-state index in [0.29, 0.717) is 12.6 Å². The molecule has 1 aromatic carbocycles. The number of aryl methyl sites for hydroxylation is 1. The summed E-state index contributed by atoms with van der Waals surface area (Å²) in [5.74, 6) is -2.22. The summed E-state index contributed by atoms with van der Waals surface area (Å²) in [6, 6.07) is 2.87. The highest BCUT2D eigenvalue weighted by Crippen LogP contribution is 2.17. The Hall–Kier alpha value is -2.44. The van der Waals surface area contributed by atoms with Gasteiger partial charge in [-0.25, -0.2) is 8.78 Å². The molecule has 0 radical (unpaired) electrons. The lowest BCUT2D eigenvalue weighted by Gasteiger charge is -2.05. The minimum Gasteiger partial charge on any atom is -0.396 e. The largest absolute Gasteiger partial charge is 0.396 e. The van der Waals surface area contributed by atoms with Gasteiger partial charge in [-0.1, -0.05) is 0 Å². The lowest BCUT2D eigenvalue weighted by Crippen LogP contribution is -2.15. The fourth-order valence-corrected chi connectivity index (χ4v) is 1.55.